The molecule has 3 aliphatic heterocycles. The Balaban J connectivity index is 1.26. The highest BCUT2D eigenvalue weighted by atomic mass is 32.2. The first-order valence-corrected chi connectivity index (χ1v) is 16.1. The van der Waals surface area contributed by atoms with Crippen LogP contribution in [0.5, 0.6) is 0 Å². The van der Waals surface area contributed by atoms with Gasteiger partial charge in [0.1, 0.15) is 18.8 Å². The van der Waals surface area contributed by atoms with E-state index in [0.717, 1.165) is 37.2 Å². The fraction of sp³-hybridized carbons (Fsp3) is 0.607. The molecule has 0 aromatic rings. The van der Waals surface area contributed by atoms with Crippen molar-refractivity contribution in [2.24, 2.45) is 5.92 Å². The van der Waals surface area contributed by atoms with Crippen molar-refractivity contribution in [3.8, 4) is 0 Å². The zero-order valence-corrected chi connectivity index (χ0v) is 25.3. The van der Waals surface area contributed by atoms with Crippen molar-refractivity contribution in [1.82, 2.24) is 0 Å². The first-order valence-electron chi connectivity index (χ1n) is 13.3. The van der Waals surface area contributed by atoms with Crippen LogP contribution in [-0.2, 0) is 28.5 Å². The molecule has 3 saturated heterocycles. The van der Waals surface area contributed by atoms with E-state index in [2.05, 4.69) is 18.2 Å². The van der Waals surface area contributed by atoms with Gasteiger partial charge in [-0.3, -0.25) is 4.79 Å². The maximum absolute atomic E-state index is 12.3. The van der Waals surface area contributed by atoms with E-state index in [4.69, 9.17) is 48.1 Å². The Morgan fingerprint density at radius 1 is 0.846 bits per heavy atom. The highest BCUT2D eigenvalue weighted by Gasteiger charge is 2.36. The molecule has 0 aliphatic carbocycles. The van der Waals surface area contributed by atoms with Gasteiger partial charge in [-0.2, -0.15) is 0 Å². The third kappa shape index (κ3) is 13.0. The minimum atomic E-state index is -0.459. The Kier molecular flexibility index (Phi) is 15.9. The molecule has 0 radical (unpaired) electrons. The summed E-state index contributed by atoms with van der Waals surface area (Å²) in [6, 6.07) is 0. The first-order chi connectivity index (χ1) is 19.0. The van der Waals surface area contributed by atoms with Gasteiger partial charge in [-0.25, -0.2) is 0 Å². The van der Waals surface area contributed by atoms with Gasteiger partial charge in [0, 0.05) is 11.5 Å². The van der Waals surface area contributed by atoms with Gasteiger partial charge >= 0.3 is 0 Å². The maximum atomic E-state index is 12.3. The van der Waals surface area contributed by atoms with Gasteiger partial charge in [-0.15, -0.1) is 0 Å². The zero-order valence-electron chi connectivity index (χ0n) is 22.0. The second-order valence-electron chi connectivity index (χ2n) is 9.24. The number of rotatable bonds is 18. The second kappa shape index (κ2) is 19.1. The number of hydrogen-bond donors (Lipinski definition) is 1. The second-order valence-corrected chi connectivity index (χ2v) is 12.5. The summed E-state index contributed by atoms with van der Waals surface area (Å²) in [5.41, 5.74) is 0. The summed E-state index contributed by atoms with van der Waals surface area (Å²) in [6.45, 7) is 1.74. The number of thioether (sulfide) groups is 2. The quantitative estimate of drug-likeness (QED) is 0.129. The monoisotopic (exact) mass is 614 g/mol. The molecular weight excluding hydrogens is 577 g/mol. The van der Waals surface area contributed by atoms with Crippen LogP contribution in [0.4, 0.5) is 0 Å². The number of carbonyl (C=O) groups excluding carboxylic acids is 1. The minimum Gasteiger partial charge on any atom is -0.472 e. The Labute approximate surface area is 250 Å². The predicted molar refractivity (Wildman–Crippen MR) is 165 cm³/mol. The molecule has 11 heteroatoms. The smallest absolute Gasteiger partial charge is 0.220 e. The lowest BCUT2D eigenvalue weighted by Gasteiger charge is -2.12. The Bertz CT molecular complexity index is 904. The van der Waals surface area contributed by atoms with Gasteiger partial charge in [-0.1, -0.05) is 72.1 Å². The molecule has 0 spiro atoms. The predicted octanol–water partition coefficient (Wildman–Crippen LogP) is 4.97. The minimum absolute atomic E-state index is 0.0581. The number of aliphatic hydroxyl groups is 1. The van der Waals surface area contributed by atoms with Crippen LogP contribution in [0.25, 0.3) is 0 Å². The lowest BCUT2D eigenvalue weighted by molar-refractivity contribution is -0.126. The average Bonchev–Trinajstić information content (AvgIpc) is 3.66. The molecule has 39 heavy (non-hydrogen) atoms. The highest BCUT2D eigenvalue weighted by molar-refractivity contribution is 8.23. The number of unbranched alkanes of at least 4 members (excludes halogenated alkanes) is 2. The Hall–Kier alpha value is -1.05. The van der Waals surface area contributed by atoms with E-state index in [0.29, 0.717) is 41.6 Å². The molecular formula is C28H38O7S4. The van der Waals surface area contributed by atoms with E-state index < -0.39 is 6.61 Å². The van der Waals surface area contributed by atoms with E-state index in [9.17, 15) is 9.90 Å². The third-order valence-electron chi connectivity index (χ3n) is 6.13. The highest BCUT2D eigenvalue weighted by Crippen LogP contribution is 2.29. The zero-order chi connectivity index (χ0) is 27.7. The van der Waals surface area contributed by atoms with E-state index >= 15 is 0 Å². The summed E-state index contributed by atoms with van der Waals surface area (Å²) in [5.74, 6) is 1.23. The topological polar surface area (TPSA) is 83.5 Å². The molecule has 0 saturated carbocycles. The summed E-state index contributed by atoms with van der Waals surface area (Å²) in [4.78, 5) is 12.3. The first kappa shape index (κ1) is 32.5. The number of thiocarbonyl (C=S) groups is 2. The fourth-order valence-electron chi connectivity index (χ4n) is 4.14. The van der Waals surface area contributed by atoms with Crippen molar-refractivity contribution in [2.45, 2.75) is 56.5 Å². The van der Waals surface area contributed by atoms with Gasteiger partial charge < -0.3 is 28.8 Å². The number of ketones is 1. The standard InChI is InChI=1S/C28H38O7S4/c29-16-25(30)24-15-21(11-7-3-1-5-9-13-31-17-22-19-38-27(36)34-22)33-26(24)12-8-4-2-6-10-14-32-18-23-20-39-28(37)35-23/h5-12,21-24,26,29H,1-4,13-20H2/b9-5+,10-6+,11-7+,12-8+. The maximum Gasteiger partial charge on any atom is 0.220 e. The molecule has 0 amide bonds. The molecule has 216 valence electrons. The molecule has 5 atom stereocenters. The van der Waals surface area contributed by atoms with Gasteiger partial charge in [0.05, 0.1) is 44.6 Å². The van der Waals surface area contributed by atoms with Crippen LogP contribution in [0.1, 0.15) is 32.1 Å². The van der Waals surface area contributed by atoms with E-state index in [-0.39, 0.29) is 36.1 Å². The van der Waals surface area contributed by atoms with Crippen molar-refractivity contribution >= 4 is 62.5 Å². The van der Waals surface area contributed by atoms with E-state index in [1.54, 1.807) is 23.5 Å². The van der Waals surface area contributed by atoms with Crippen LogP contribution in [0, 0.1) is 5.92 Å². The fourth-order valence-corrected chi connectivity index (χ4v) is 6.20. The van der Waals surface area contributed by atoms with Gasteiger partial charge in [0.15, 0.2) is 5.78 Å². The summed E-state index contributed by atoms with van der Waals surface area (Å²) >= 11 is 13.1. The van der Waals surface area contributed by atoms with Gasteiger partial charge in [-0.05, 0) is 56.5 Å². The molecule has 5 unspecified atom stereocenters. The van der Waals surface area contributed by atoms with Crippen molar-refractivity contribution in [3.63, 3.8) is 0 Å². The van der Waals surface area contributed by atoms with Crippen LogP contribution in [0.2, 0.25) is 0 Å². The van der Waals surface area contributed by atoms with Crippen molar-refractivity contribution in [3.05, 3.63) is 48.6 Å². The molecule has 0 aromatic carbocycles. The Morgan fingerprint density at radius 3 is 1.90 bits per heavy atom. The normalized spacial score (nSPS) is 27.6. The lowest BCUT2D eigenvalue weighted by Crippen LogP contribution is -2.24. The summed E-state index contributed by atoms with van der Waals surface area (Å²) in [6.07, 6.45) is 20.1. The molecule has 0 aromatic heterocycles. The molecule has 0 bridgehead atoms. The van der Waals surface area contributed by atoms with Crippen molar-refractivity contribution < 1.29 is 33.6 Å². The van der Waals surface area contributed by atoms with Crippen LogP contribution >= 0.6 is 48.0 Å². The number of ether oxygens (including phenoxy) is 5. The molecule has 3 heterocycles. The Morgan fingerprint density at radius 2 is 1.38 bits per heavy atom. The number of allylic oxidation sites excluding steroid dienone is 4. The summed E-state index contributed by atoms with van der Waals surface area (Å²) < 4.78 is 29.4. The van der Waals surface area contributed by atoms with E-state index in [1.165, 1.54) is 0 Å². The summed E-state index contributed by atoms with van der Waals surface area (Å²) in [5, 5.41) is 9.39. The van der Waals surface area contributed by atoms with Gasteiger partial charge in [0.25, 0.3) is 0 Å². The molecule has 3 fully saturated rings. The van der Waals surface area contributed by atoms with Gasteiger partial charge in [0.2, 0.25) is 8.77 Å². The molecule has 3 rings (SSSR count). The number of carbonyl (C=O) groups is 1. The molecule has 1 N–H and O–H groups in total. The van der Waals surface area contributed by atoms with Crippen LogP contribution in [0.15, 0.2) is 48.6 Å². The van der Waals surface area contributed by atoms with Crippen LogP contribution < -0.4 is 0 Å². The van der Waals surface area contributed by atoms with Crippen LogP contribution in [0.3, 0.4) is 0 Å². The third-order valence-corrected chi connectivity index (χ3v) is 8.77. The molecule has 3 aliphatic rings. The van der Waals surface area contributed by atoms with Crippen molar-refractivity contribution in [1.29, 1.82) is 0 Å². The van der Waals surface area contributed by atoms with E-state index in [1.807, 2.05) is 30.4 Å². The van der Waals surface area contributed by atoms with Crippen LogP contribution in [-0.4, -0.2) is 88.6 Å². The largest absolute Gasteiger partial charge is 0.472 e. The molecule has 7 nitrogen and oxygen atoms in total. The lowest BCUT2D eigenvalue weighted by atomic mass is 9.94. The number of Topliss-reactive ketones (excluding diaryl/α,β-unsaturated/α-hetero) is 1. The SMILES string of the molecule is O=C(CO)C1CC(/C=C/CC/C=C/COCC2CSC(=S)O2)OC1/C=C/CC/C=C/COCC1CSC(=S)O1. The number of aliphatic hydroxyl groups excluding tert-OH is 1. The van der Waals surface area contributed by atoms with Crippen molar-refractivity contribution in [2.75, 3.05) is 44.5 Å². The summed E-state index contributed by atoms with van der Waals surface area (Å²) in [7, 11) is 0. The average molecular weight is 615 g/mol. The number of hydrogen-bond acceptors (Lipinski definition) is 11.